The molecule has 1 N–H and O–H groups in total. The number of benzene rings is 2. The van der Waals surface area contributed by atoms with Gasteiger partial charge in [0.25, 0.3) is 0 Å². The summed E-state index contributed by atoms with van der Waals surface area (Å²) in [5, 5.41) is 8.65. The van der Waals surface area contributed by atoms with Crippen molar-refractivity contribution in [2.75, 3.05) is 14.2 Å². The molecule has 0 aliphatic carbocycles. The number of hydrogen-bond donors (Lipinski definition) is 1. The normalized spacial score (nSPS) is 11.0. The van der Waals surface area contributed by atoms with Crippen LogP contribution < -0.4 is 9.47 Å². The smallest absolute Gasteiger partial charge is 0.328 e. The highest BCUT2D eigenvalue weighted by atomic mass is 16.5. The van der Waals surface area contributed by atoms with Gasteiger partial charge in [-0.2, -0.15) is 0 Å². The number of methoxy groups -OCH3 is 2. The second-order valence-corrected chi connectivity index (χ2v) is 4.64. The van der Waals surface area contributed by atoms with Gasteiger partial charge in [-0.1, -0.05) is 12.1 Å². The zero-order valence-electron chi connectivity index (χ0n) is 12.9. The lowest BCUT2D eigenvalue weighted by atomic mass is 10.2. The highest BCUT2D eigenvalue weighted by Gasteiger charge is 2.03. The van der Waals surface area contributed by atoms with Gasteiger partial charge in [0.2, 0.25) is 0 Å². The van der Waals surface area contributed by atoms with E-state index in [0.29, 0.717) is 11.5 Å². The van der Waals surface area contributed by atoms with Gasteiger partial charge in [-0.15, -0.1) is 0 Å². The molecule has 0 spiro atoms. The van der Waals surface area contributed by atoms with Crippen LogP contribution in [0.3, 0.4) is 0 Å². The van der Waals surface area contributed by atoms with Crippen LogP contribution in [0.5, 0.6) is 11.5 Å². The molecule has 0 radical (unpaired) electrons. The van der Waals surface area contributed by atoms with Crippen molar-refractivity contribution in [3.8, 4) is 11.5 Å². The molecule has 0 aliphatic heterocycles. The summed E-state index contributed by atoms with van der Waals surface area (Å²) in [5.74, 6) is 0.310. The standard InChI is InChI=1S/C18H17NO4/c1-22-16-8-6-14(11-17(16)23-2)12-19-15-5-3-4-13(10-15)7-9-18(20)21/h3-12H,1-2H3,(H,20,21)/b9-7+,19-12?. The number of ether oxygens (including phenoxy) is 2. The van der Waals surface area contributed by atoms with Gasteiger partial charge in [0.05, 0.1) is 19.9 Å². The van der Waals surface area contributed by atoms with Gasteiger partial charge in [0, 0.05) is 12.3 Å². The number of aliphatic imine (C=N–C) groups is 1. The number of hydrogen-bond acceptors (Lipinski definition) is 4. The molecule has 0 fully saturated rings. The summed E-state index contributed by atoms with van der Waals surface area (Å²) in [5.41, 5.74) is 2.37. The van der Waals surface area contributed by atoms with Crippen molar-refractivity contribution >= 4 is 23.9 Å². The number of carbonyl (C=O) groups is 1. The molecule has 0 heterocycles. The summed E-state index contributed by atoms with van der Waals surface area (Å²) in [6, 6.07) is 12.8. The van der Waals surface area contributed by atoms with Gasteiger partial charge < -0.3 is 14.6 Å². The van der Waals surface area contributed by atoms with Crippen LogP contribution in [0.15, 0.2) is 53.5 Å². The van der Waals surface area contributed by atoms with Crippen molar-refractivity contribution in [3.05, 3.63) is 59.7 Å². The van der Waals surface area contributed by atoms with Crippen LogP contribution >= 0.6 is 0 Å². The van der Waals surface area contributed by atoms with Crippen molar-refractivity contribution in [3.63, 3.8) is 0 Å². The summed E-state index contributed by atoms with van der Waals surface area (Å²) in [4.78, 5) is 14.9. The third kappa shape index (κ3) is 4.71. The van der Waals surface area contributed by atoms with E-state index in [-0.39, 0.29) is 0 Å². The molecule has 0 unspecified atom stereocenters. The maximum atomic E-state index is 10.5. The average Bonchev–Trinajstić information content (AvgIpc) is 2.58. The van der Waals surface area contributed by atoms with E-state index in [2.05, 4.69) is 4.99 Å². The third-order valence-corrected chi connectivity index (χ3v) is 3.06. The average molecular weight is 311 g/mol. The van der Waals surface area contributed by atoms with E-state index in [0.717, 1.165) is 22.9 Å². The Morgan fingerprint density at radius 1 is 1.04 bits per heavy atom. The quantitative estimate of drug-likeness (QED) is 0.654. The van der Waals surface area contributed by atoms with Crippen LogP contribution in [0.4, 0.5) is 5.69 Å². The van der Waals surface area contributed by atoms with E-state index < -0.39 is 5.97 Å². The molecule has 5 nitrogen and oxygen atoms in total. The van der Waals surface area contributed by atoms with E-state index in [1.165, 1.54) is 6.08 Å². The number of aliphatic carboxylic acids is 1. The molecule has 0 saturated heterocycles. The minimum absolute atomic E-state index is 0.634. The first-order valence-corrected chi connectivity index (χ1v) is 6.89. The monoisotopic (exact) mass is 311 g/mol. The Kier molecular flexibility index (Phi) is 5.52. The van der Waals surface area contributed by atoms with E-state index in [9.17, 15) is 4.79 Å². The molecule has 0 atom stereocenters. The Morgan fingerprint density at radius 3 is 2.52 bits per heavy atom. The molecular formula is C18H17NO4. The van der Waals surface area contributed by atoms with Crippen molar-refractivity contribution in [1.82, 2.24) is 0 Å². The lowest BCUT2D eigenvalue weighted by Crippen LogP contribution is -1.91. The molecule has 23 heavy (non-hydrogen) atoms. The largest absolute Gasteiger partial charge is 0.493 e. The summed E-state index contributed by atoms with van der Waals surface area (Å²) in [6.07, 6.45) is 4.33. The predicted octanol–water partition coefficient (Wildman–Crippen LogP) is 3.55. The predicted molar refractivity (Wildman–Crippen MR) is 89.9 cm³/mol. The molecule has 0 amide bonds. The number of carboxylic acids is 1. The van der Waals surface area contributed by atoms with E-state index >= 15 is 0 Å². The van der Waals surface area contributed by atoms with Crippen molar-refractivity contribution in [2.24, 2.45) is 4.99 Å². The minimum atomic E-state index is -0.982. The SMILES string of the molecule is COc1ccc(C=Nc2cccc(/C=C/C(=O)O)c2)cc1OC. The fourth-order valence-corrected chi connectivity index (χ4v) is 1.96. The van der Waals surface area contributed by atoms with E-state index in [1.54, 1.807) is 26.5 Å². The zero-order chi connectivity index (χ0) is 16.7. The highest BCUT2D eigenvalue weighted by Crippen LogP contribution is 2.27. The Morgan fingerprint density at radius 2 is 1.83 bits per heavy atom. The molecule has 2 rings (SSSR count). The first-order chi connectivity index (χ1) is 11.1. The molecule has 5 heteroatoms. The van der Waals surface area contributed by atoms with Crippen molar-refractivity contribution < 1.29 is 19.4 Å². The highest BCUT2D eigenvalue weighted by molar-refractivity contribution is 5.86. The number of nitrogens with zero attached hydrogens (tertiary/aromatic N) is 1. The van der Waals surface area contributed by atoms with Gasteiger partial charge in [0.1, 0.15) is 0 Å². The Balaban J connectivity index is 2.20. The number of carboxylic acid groups (broad SMARTS) is 1. The minimum Gasteiger partial charge on any atom is -0.493 e. The summed E-state index contributed by atoms with van der Waals surface area (Å²) < 4.78 is 10.4. The fraction of sp³-hybridized carbons (Fsp3) is 0.111. The Hall–Kier alpha value is -3.08. The van der Waals surface area contributed by atoms with Gasteiger partial charge in [-0.05, 0) is 47.5 Å². The van der Waals surface area contributed by atoms with Gasteiger partial charge in [-0.3, -0.25) is 4.99 Å². The van der Waals surface area contributed by atoms with Crippen LogP contribution in [-0.4, -0.2) is 31.5 Å². The van der Waals surface area contributed by atoms with Gasteiger partial charge in [-0.25, -0.2) is 4.79 Å². The molecule has 2 aromatic rings. The summed E-state index contributed by atoms with van der Waals surface area (Å²) >= 11 is 0. The van der Waals surface area contributed by atoms with Crippen LogP contribution in [0.1, 0.15) is 11.1 Å². The number of rotatable bonds is 6. The van der Waals surface area contributed by atoms with Crippen LogP contribution in [0, 0.1) is 0 Å². The molecule has 118 valence electrons. The maximum Gasteiger partial charge on any atom is 0.328 e. The zero-order valence-corrected chi connectivity index (χ0v) is 12.9. The molecule has 0 saturated carbocycles. The second-order valence-electron chi connectivity index (χ2n) is 4.64. The fourth-order valence-electron chi connectivity index (χ4n) is 1.96. The lowest BCUT2D eigenvalue weighted by molar-refractivity contribution is -0.131. The second kappa shape index (κ2) is 7.79. The van der Waals surface area contributed by atoms with Crippen molar-refractivity contribution in [2.45, 2.75) is 0 Å². The topological polar surface area (TPSA) is 68.1 Å². The first-order valence-electron chi connectivity index (χ1n) is 6.89. The van der Waals surface area contributed by atoms with Crippen LogP contribution in [0.25, 0.3) is 6.08 Å². The third-order valence-electron chi connectivity index (χ3n) is 3.06. The van der Waals surface area contributed by atoms with Crippen molar-refractivity contribution in [1.29, 1.82) is 0 Å². The Labute approximate surface area is 134 Å². The van der Waals surface area contributed by atoms with Crippen LogP contribution in [0.2, 0.25) is 0 Å². The lowest BCUT2D eigenvalue weighted by Gasteiger charge is -2.07. The molecular weight excluding hydrogens is 294 g/mol. The summed E-state index contributed by atoms with van der Waals surface area (Å²) in [6.45, 7) is 0. The maximum absolute atomic E-state index is 10.5. The molecule has 0 bridgehead atoms. The van der Waals surface area contributed by atoms with Gasteiger partial charge in [0.15, 0.2) is 11.5 Å². The molecule has 2 aromatic carbocycles. The Bertz CT molecular complexity index is 750. The molecule has 0 aliphatic rings. The van der Waals surface area contributed by atoms with Crippen LogP contribution in [-0.2, 0) is 4.79 Å². The first kappa shape index (κ1) is 16.3. The molecule has 0 aromatic heterocycles. The van der Waals surface area contributed by atoms with Gasteiger partial charge >= 0.3 is 5.97 Å². The van der Waals surface area contributed by atoms with E-state index in [1.807, 2.05) is 36.4 Å². The van der Waals surface area contributed by atoms with E-state index in [4.69, 9.17) is 14.6 Å². The summed E-state index contributed by atoms with van der Waals surface area (Å²) in [7, 11) is 3.17.